The molecule has 1 amide bonds. The van der Waals surface area contributed by atoms with Gasteiger partial charge in [-0.2, -0.15) is 0 Å². The molecule has 3 heteroatoms. The summed E-state index contributed by atoms with van der Waals surface area (Å²) in [6.45, 7) is 1.79. The fraction of sp³-hybridized carbons (Fsp3) is 0.938. The third-order valence-electron chi connectivity index (χ3n) is 5.74. The second kappa shape index (κ2) is 5.82. The molecule has 0 radical (unpaired) electrons. The molecule has 3 atom stereocenters. The first-order valence-electron chi connectivity index (χ1n) is 8.28. The highest BCUT2D eigenvalue weighted by Gasteiger charge is 2.36. The molecule has 1 heterocycles. The second-order valence-electron chi connectivity index (χ2n) is 6.98. The van der Waals surface area contributed by atoms with E-state index >= 15 is 0 Å². The molecule has 0 spiro atoms. The van der Waals surface area contributed by atoms with Crippen LogP contribution in [-0.4, -0.2) is 29.9 Å². The van der Waals surface area contributed by atoms with Gasteiger partial charge in [-0.05, 0) is 43.9 Å². The van der Waals surface area contributed by atoms with Crippen molar-refractivity contribution < 1.29 is 4.79 Å². The lowest BCUT2D eigenvalue weighted by Gasteiger charge is -2.41. The van der Waals surface area contributed by atoms with Gasteiger partial charge in [0.2, 0.25) is 5.91 Å². The Balaban J connectivity index is 1.55. The molecule has 3 aliphatic rings. The van der Waals surface area contributed by atoms with Crippen LogP contribution >= 0.6 is 0 Å². The average Bonchev–Trinajstić information content (AvgIpc) is 2.47. The van der Waals surface area contributed by atoms with E-state index < -0.39 is 0 Å². The summed E-state index contributed by atoms with van der Waals surface area (Å²) in [5, 5.41) is 0. The van der Waals surface area contributed by atoms with Crippen LogP contribution < -0.4 is 5.73 Å². The van der Waals surface area contributed by atoms with Gasteiger partial charge in [-0.15, -0.1) is 0 Å². The lowest BCUT2D eigenvalue weighted by molar-refractivity contribution is -0.139. The Morgan fingerprint density at radius 1 is 0.895 bits per heavy atom. The highest BCUT2D eigenvalue weighted by atomic mass is 16.2. The molecular weight excluding hydrogens is 236 g/mol. The Labute approximate surface area is 116 Å². The number of amides is 1. The van der Waals surface area contributed by atoms with Crippen molar-refractivity contribution in [3.05, 3.63) is 0 Å². The summed E-state index contributed by atoms with van der Waals surface area (Å²) >= 11 is 0. The predicted molar refractivity (Wildman–Crippen MR) is 76.6 cm³/mol. The van der Waals surface area contributed by atoms with Crippen molar-refractivity contribution >= 4 is 5.91 Å². The smallest absolute Gasteiger partial charge is 0.225 e. The van der Waals surface area contributed by atoms with Crippen molar-refractivity contribution in [1.82, 2.24) is 4.90 Å². The molecule has 3 unspecified atom stereocenters. The van der Waals surface area contributed by atoms with Gasteiger partial charge >= 0.3 is 0 Å². The number of hydrogen-bond acceptors (Lipinski definition) is 2. The van der Waals surface area contributed by atoms with Crippen LogP contribution in [0, 0.1) is 17.8 Å². The van der Waals surface area contributed by atoms with E-state index in [4.69, 9.17) is 5.73 Å². The highest BCUT2D eigenvalue weighted by molar-refractivity contribution is 5.79. The van der Waals surface area contributed by atoms with Crippen LogP contribution in [0.5, 0.6) is 0 Å². The zero-order chi connectivity index (χ0) is 13.2. The van der Waals surface area contributed by atoms with Gasteiger partial charge in [0, 0.05) is 25.0 Å². The second-order valence-corrected chi connectivity index (χ2v) is 6.98. The van der Waals surface area contributed by atoms with Gasteiger partial charge in [0.25, 0.3) is 0 Å². The van der Waals surface area contributed by atoms with E-state index in [1.807, 2.05) is 0 Å². The summed E-state index contributed by atoms with van der Waals surface area (Å²) in [5.41, 5.74) is 5.92. The van der Waals surface area contributed by atoms with Gasteiger partial charge < -0.3 is 10.6 Å². The normalized spacial score (nSPS) is 36.9. The standard InChI is InChI=1S/C16H28N2O/c17-15-7-9-18(10-8-15)16(19)14-6-5-12-3-1-2-4-13(12)11-14/h12-15H,1-11,17H2. The largest absolute Gasteiger partial charge is 0.342 e. The van der Waals surface area contributed by atoms with Crippen molar-refractivity contribution in [2.75, 3.05) is 13.1 Å². The van der Waals surface area contributed by atoms with Crippen LogP contribution in [0.15, 0.2) is 0 Å². The Morgan fingerprint density at radius 3 is 2.32 bits per heavy atom. The SMILES string of the molecule is NC1CCN(C(=O)C2CCC3CCCCC3C2)CC1. The number of nitrogens with zero attached hydrogens (tertiary/aromatic N) is 1. The van der Waals surface area contributed by atoms with Gasteiger partial charge in [0.15, 0.2) is 0 Å². The molecule has 0 aromatic carbocycles. The predicted octanol–water partition coefficient (Wildman–Crippen LogP) is 2.54. The maximum absolute atomic E-state index is 12.6. The number of piperidine rings is 1. The molecule has 3 fully saturated rings. The topological polar surface area (TPSA) is 46.3 Å². The minimum Gasteiger partial charge on any atom is -0.342 e. The first-order chi connectivity index (χ1) is 9.24. The van der Waals surface area contributed by atoms with E-state index in [9.17, 15) is 4.79 Å². The summed E-state index contributed by atoms with van der Waals surface area (Å²) in [4.78, 5) is 14.7. The van der Waals surface area contributed by atoms with E-state index in [2.05, 4.69) is 4.90 Å². The van der Waals surface area contributed by atoms with Crippen molar-refractivity contribution in [1.29, 1.82) is 0 Å². The van der Waals surface area contributed by atoms with Gasteiger partial charge in [-0.25, -0.2) is 0 Å². The lowest BCUT2D eigenvalue weighted by Crippen LogP contribution is -2.46. The highest BCUT2D eigenvalue weighted by Crippen LogP contribution is 2.43. The van der Waals surface area contributed by atoms with Gasteiger partial charge in [-0.1, -0.05) is 25.7 Å². The summed E-state index contributed by atoms with van der Waals surface area (Å²) in [6.07, 6.45) is 11.2. The third-order valence-corrected chi connectivity index (χ3v) is 5.74. The van der Waals surface area contributed by atoms with Crippen LogP contribution in [-0.2, 0) is 4.79 Å². The monoisotopic (exact) mass is 264 g/mol. The number of carbonyl (C=O) groups excluding carboxylic acids is 1. The minimum atomic E-state index is 0.318. The molecule has 3 nitrogen and oxygen atoms in total. The van der Waals surface area contributed by atoms with E-state index in [1.165, 1.54) is 38.5 Å². The van der Waals surface area contributed by atoms with Crippen molar-refractivity contribution in [2.45, 2.75) is 63.8 Å². The molecule has 2 N–H and O–H groups in total. The van der Waals surface area contributed by atoms with Gasteiger partial charge in [-0.3, -0.25) is 4.79 Å². The number of likely N-dealkylation sites (tertiary alicyclic amines) is 1. The molecule has 0 bridgehead atoms. The number of fused-ring (bicyclic) bond motifs is 1. The molecule has 3 rings (SSSR count). The zero-order valence-corrected chi connectivity index (χ0v) is 12.0. The van der Waals surface area contributed by atoms with Crippen LogP contribution in [0.1, 0.15) is 57.8 Å². The van der Waals surface area contributed by atoms with Crippen LogP contribution in [0.2, 0.25) is 0 Å². The maximum atomic E-state index is 12.6. The Hall–Kier alpha value is -0.570. The molecule has 19 heavy (non-hydrogen) atoms. The molecule has 1 saturated heterocycles. The first kappa shape index (κ1) is 13.4. The van der Waals surface area contributed by atoms with Crippen molar-refractivity contribution in [3.63, 3.8) is 0 Å². The third kappa shape index (κ3) is 2.96. The van der Waals surface area contributed by atoms with Crippen molar-refractivity contribution in [3.8, 4) is 0 Å². The summed E-state index contributed by atoms with van der Waals surface area (Å²) < 4.78 is 0. The first-order valence-corrected chi connectivity index (χ1v) is 8.28. The molecule has 108 valence electrons. The maximum Gasteiger partial charge on any atom is 0.225 e. The quantitative estimate of drug-likeness (QED) is 0.791. The number of hydrogen-bond donors (Lipinski definition) is 1. The number of carbonyl (C=O) groups is 1. The fourth-order valence-corrected chi connectivity index (χ4v) is 4.48. The molecule has 1 aliphatic heterocycles. The Kier molecular flexibility index (Phi) is 4.11. The molecule has 0 aromatic heterocycles. The van der Waals surface area contributed by atoms with E-state index in [-0.39, 0.29) is 0 Å². The number of rotatable bonds is 1. The lowest BCUT2D eigenvalue weighted by atomic mass is 9.67. The van der Waals surface area contributed by atoms with Crippen LogP contribution in [0.25, 0.3) is 0 Å². The summed E-state index contributed by atoms with van der Waals surface area (Å²) in [5.74, 6) is 2.56. The van der Waals surface area contributed by atoms with Crippen molar-refractivity contribution in [2.24, 2.45) is 23.5 Å². The van der Waals surface area contributed by atoms with E-state index in [1.54, 1.807) is 0 Å². The Morgan fingerprint density at radius 2 is 1.58 bits per heavy atom. The molecule has 2 saturated carbocycles. The minimum absolute atomic E-state index is 0.318. The summed E-state index contributed by atoms with van der Waals surface area (Å²) in [7, 11) is 0. The van der Waals surface area contributed by atoms with E-state index in [0.717, 1.165) is 44.2 Å². The van der Waals surface area contributed by atoms with Gasteiger partial charge in [0.1, 0.15) is 0 Å². The molecular formula is C16H28N2O. The Bertz CT molecular complexity index is 323. The van der Waals surface area contributed by atoms with Crippen LogP contribution in [0.4, 0.5) is 0 Å². The molecule has 0 aromatic rings. The van der Waals surface area contributed by atoms with Gasteiger partial charge in [0.05, 0.1) is 0 Å². The average molecular weight is 264 g/mol. The zero-order valence-electron chi connectivity index (χ0n) is 12.0. The van der Waals surface area contributed by atoms with E-state index in [0.29, 0.717) is 17.9 Å². The number of nitrogens with two attached hydrogens (primary N) is 1. The molecule has 2 aliphatic carbocycles. The van der Waals surface area contributed by atoms with Crippen LogP contribution in [0.3, 0.4) is 0 Å². The summed E-state index contributed by atoms with van der Waals surface area (Å²) in [6, 6.07) is 0.318. The fourth-order valence-electron chi connectivity index (χ4n) is 4.48.